The van der Waals surface area contributed by atoms with Crippen LogP contribution in [0.15, 0.2) is 33.5 Å². The van der Waals surface area contributed by atoms with Gasteiger partial charge in [0.1, 0.15) is 17.9 Å². The number of alkyl halides is 6. The predicted molar refractivity (Wildman–Crippen MR) is 72.0 cm³/mol. The first-order chi connectivity index (χ1) is 11.5. The molecule has 0 unspecified atom stereocenters. The minimum atomic E-state index is -4.78. The van der Waals surface area contributed by atoms with Crippen LogP contribution in [0.4, 0.5) is 26.3 Å². The van der Waals surface area contributed by atoms with Crippen molar-refractivity contribution in [2.75, 3.05) is 13.2 Å². The van der Waals surface area contributed by atoms with E-state index in [0.29, 0.717) is 6.07 Å². The molecular formula is C14H9F6NO4. The molecule has 1 aromatic carbocycles. The molecule has 0 fully saturated rings. The summed E-state index contributed by atoms with van der Waals surface area (Å²) >= 11 is 0. The molecule has 25 heavy (non-hydrogen) atoms. The number of ether oxygens (including phenoxy) is 1. The Hall–Kier alpha value is -2.72. The number of hydrogen-bond acceptors (Lipinski definition) is 4. The van der Waals surface area contributed by atoms with Crippen molar-refractivity contribution in [2.24, 2.45) is 0 Å². The first kappa shape index (κ1) is 18.6. The van der Waals surface area contributed by atoms with E-state index in [9.17, 15) is 35.9 Å². The fourth-order valence-corrected chi connectivity index (χ4v) is 1.87. The standard InChI is InChI=1S/C14H9F6NO4/c15-13(16,17)6-21-11(22)5-24-7-1-2-8-9(14(18,19)20)4-12(23)25-10(8)3-7/h1-4H,5-6H2,(H,21,22). The Balaban J connectivity index is 2.16. The van der Waals surface area contributed by atoms with Crippen molar-refractivity contribution in [1.29, 1.82) is 0 Å². The molecule has 11 heteroatoms. The number of carbonyl (C=O) groups excluding carboxylic acids is 1. The van der Waals surface area contributed by atoms with Crippen LogP contribution in [0.5, 0.6) is 5.75 Å². The van der Waals surface area contributed by atoms with Crippen molar-refractivity contribution in [3.8, 4) is 5.75 Å². The van der Waals surface area contributed by atoms with Crippen molar-refractivity contribution in [2.45, 2.75) is 12.4 Å². The van der Waals surface area contributed by atoms with Crippen LogP contribution in [0.2, 0.25) is 0 Å². The van der Waals surface area contributed by atoms with Gasteiger partial charge in [0.15, 0.2) is 6.61 Å². The summed E-state index contributed by atoms with van der Waals surface area (Å²) in [6, 6.07) is 3.26. The number of benzene rings is 1. The van der Waals surface area contributed by atoms with Gasteiger partial charge in [0.25, 0.3) is 5.91 Å². The van der Waals surface area contributed by atoms with Crippen LogP contribution in [-0.4, -0.2) is 25.2 Å². The average Bonchev–Trinajstić information content (AvgIpc) is 2.48. The molecule has 1 heterocycles. The lowest BCUT2D eigenvalue weighted by molar-refractivity contribution is -0.139. The van der Waals surface area contributed by atoms with Gasteiger partial charge in [0.05, 0.1) is 5.56 Å². The highest BCUT2D eigenvalue weighted by Gasteiger charge is 2.34. The molecule has 1 aromatic heterocycles. The van der Waals surface area contributed by atoms with Crippen molar-refractivity contribution < 1.29 is 40.3 Å². The molecule has 0 aliphatic heterocycles. The predicted octanol–water partition coefficient (Wildman–Crippen LogP) is 2.87. The van der Waals surface area contributed by atoms with Gasteiger partial charge in [0, 0.05) is 17.5 Å². The van der Waals surface area contributed by atoms with E-state index in [0.717, 1.165) is 18.2 Å². The third-order valence-corrected chi connectivity index (χ3v) is 2.88. The summed E-state index contributed by atoms with van der Waals surface area (Å²) in [5, 5.41) is 1.16. The minimum absolute atomic E-state index is 0.155. The van der Waals surface area contributed by atoms with E-state index >= 15 is 0 Å². The molecule has 1 N–H and O–H groups in total. The first-order valence-electron chi connectivity index (χ1n) is 6.57. The van der Waals surface area contributed by atoms with Gasteiger partial charge in [-0.1, -0.05) is 0 Å². The number of carbonyl (C=O) groups is 1. The van der Waals surface area contributed by atoms with E-state index in [4.69, 9.17) is 4.74 Å². The zero-order valence-corrected chi connectivity index (χ0v) is 12.1. The van der Waals surface area contributed by atoms with E-state index < -0.39 is 53.6 Å². The second kappa shape index (κ2) is 6.65. The number of hydrogen-bond donors (Lipinski definition) is 1. The molecule has 0 spiro atoms. The minimum Gasteiger partial charge on any atom is -0.484 e. The highest BCUT2D eigenvalue weighted by atomic mass is 19.4. The molecular weight excluding hydrogens is 360 g/mol. The molecule has 2 rings (SSSR count). The monoisotopic (exact) mass is 369 g/mol. The van der Waals surface area contributed by atoms with E-state index in [1.807, 2.05) is 0 Å². The van der Waals surface area contributed by atoms with Crippen LogP contribution < -0.4 is 15.7 Å². The lowest BCUT2D eigenvalue weighted by atomic mass is 10.1. The second-order valence-electron chi connectivity index (χ2n) is 4.82. The Morgan fingerprint density at radius 3 is 2.40 bits per heavy atom. The molecule has 0 aliphatic carbocycles. The summed E-state index contributed by atoms with van der Waals surface area (Å²) in [6.45, 7) is -2.35. The van der Waals surface area contributed by atoms with Gasteiger partial charge in [-0.2, -0.15) is 26.3 Å². The lowest BCUT2D eigenvalue weighted by Crippen LogP contribution is -2.36. The summed E-state index contributed by atoms with van der Waals surface area (Å²) < 4.78 is 84.0. The summed E-state index contributed by atoms with van der Waals surface area (Å²) in [7, 11) is 0. The zero-order valence-electron chi connectivity index (χ0n) is 12.1. The summed E-state index contributed by atoms with van der Waals surface area (Å²) in [5.74, 6) is -1.24. The maximum absolute atomic E-state index is 12.9. The quantitative estimate of drug-likeness (QED) is 0.665. The Morgan fingerprint density at radius 2 is 1.80 bits per heavy atom. The fourth-order valence-electron chi connectivity index (χ4n) is 1.87. The molecule has 0 atom stereocenters. The van der Waals surface area contributed by atoms with Gasteiger partial charge in [-0.3, -0.25) is 4.79 Å². The normalized spacial score (nSPS) is 12.2. The molecule has 5 nitrogen and oxygen atoms in total. The molecule has 0 saturated carbocycles. The van der Waals surface area contributed by atoms with Crippen LogP contribution in [-0.2, 0) is 11.0 Å². The van der Waals surface area contributed by atoms with Crippen LogP contribution >= 0.6 is 0 Å². The highest BCUT2D eigenvalue weighted by Crippen LogP contribution is 2.34. The van der Waals surface area contributed by atoms with Gasteiger partial charge in [-0.15, -0.1) is 0 Å². The van der Waals surface area contributed by atoms with E-state index in [2.05, 4.69) is 4.42 Å². The highest BCUT2D eigenvalue weighted by molar-refractivity contribution is 5.82. The van der Waals surface area contributed by atoms with Gasteiger partial charge >= 0.3 is 18.0 Å². The molecule has 0 saturated heterocycles. The van der Waals surface area contributed by atoms with Gasteiger partial charge in [-0.25, -0.2) is 4.79 Å². The van der Waals surface area contributed by atoms with Crippen LogP contribution in [0.1, 0.15) is 5.56 Å². The van der Waals surface area contributed by atoms with Gasteiger partial charge < -0.3 is 14.5 Å². The van der Waals surface area contributed by atoms with Crippen molar-refractivity contribution in [3.05, 3.63) is 40.2 Å². The van der Waals surface area contributed by atoms with Crippen molar-refractivity contribution in [3.63, 3.8) is 0 Å². The van der Waals surface area contributed by atoms with E-state index in [1.54, 1.807) is 5.32 Å². The fraction of sp³-hybridized carbons (Fsp3) is 0.286. The number of nitrogens with one attached hydrogen (secondary N) is 1. The van der Waals surface area contributed by atoms with Crippen molar-refractivity contribution in [1.82, 2.24) is 5.32 Å². The number of rotatable bonds is 4. The topological polar surface area (TPSA) is 68.5 Å². The number of halogens is 6. The summed E-state index contributed by atoms with van der Waals surface area (Å²) in [5.41, 5.74) is -2.87. The molecule has 0 bridgehead atoms. The van der Waals surface area contributed by atoms with Gasteiger partial charge in [0.2, 0.25) is 0 Å². The summed E-state index contributed by atoms with van der Waals surface area (Å²) in [4.78, 5) is 22.4. The number of amides is 1. The third kappa shape index (κ3) is 5.13. The van der Waals surface area contributed by atoms with E-state index in [1.165, 1.54) is 0 Å². The van der Waals surface area contributed by atoms with E-state index in [-0.39, 0.29) is 5.75 Å². The molecule has 136 valence electrons. The van der Waals surface area contributed by atoms with Crippen molar-refractivity contribution >= 4 is 16.9 Å². The Kier molecular flexibility index (Phi) is 4.95. The first-order valence-corrected chi connectivity index (χ1v) is 6.57. The smallest absolute Gasteiger partial charge is 0.417 e. The third-order valence-electron chi connectivity index (χ3n) is 2.88. The Morgan fingerprint density at radius 1 is 1.12 bits per heavy atom. The second-order valence-corrected chi connectivity index (χ2v) is 4.82. The molecule has 0 aliphatic rings. The average molecular weight is 369 g/mol. The SMILES string of the molecule is O=C(COc1ccc2c(C(F)(F)F)cc(=O)oc2c1)NCC(F)(F)F. The largest absolute Gasteiger partial charge is 0.484 e. The van der Waals surface area contributed by atoms with Gasteiger partial charge in [-0.05, 0) is 12.1 Å². The molecule has 0 radical (unpaired) electrons. The number of fused-ring (bicyclic) bond motifs is 1. The summed E-state index contributed by atoms with van der Waals surface area (Å²) in [6.07, 6.45) is -9.37. The van der Waals surface area contributed by atoms with Crippen LogP contribution in [0, 0.1) is 0 Å². The maximum atomic E-state index is 12.9. The molecule has 2 aromatic rings. The Bertz CT molecular complexity index is 840. The molecule has 1 amide bonds. The van der Waals surface area contributed by atoms with Crippen LogP contribution in [0.25, 0.3) is 11.0 Å². The maximum Gasteiger partial charge on any atom is 0.417 e. The van der Waals surface area contributed by atoms with Crippen LogP contribution in [0.3, 0.4) is 0 Å². The lowest BCUT2D eigenvalue weighted by Gasteiger charge is -2.11. The Labute approximate surface area is 135 Å². The zero-order chi connectivity index (χ0) is 18.8.